The summed E-state index contributed by atoms with van der Waals surface area (Å²) in [6.45, 7) is 1.41. The molecule has 1 aromatic heterocycles. The molecule has 0 unspecified atom stereocenters. The first-order valence-electron chi connectivity index (χ1n) is 8.94. The highest BCUT2D eigenvalue weighted by atomic mass is 15.1. The molecule has 2 aromatic carbocycles. The molecule has 0 saturated heterocycles. The molecule has 0 spiro atoms. The maximum Gasteiger partial charge on any atom is 0.188 e. The van der Waals surface area contributed by atoms with Gasteiger partial charge in [-0.25, -0.2) is 4.98 Å². The maximum atomic E-state index is 5.99. The Kier molecular flexibility index (Phi) is 6.42. The number of rotatable bonds is 8. The fraction of sp³-hybridized carbons (Fsp3) is 0.238. The van der Waals surface area contributed by atoms with Crippen LogP contribution in [0, 0.1) is 0 Å². The van der Waals surface area contributed by atoms with Gasteiger partial charge in [0, 0.05) is 37.3 Å². The lowest BCUT2D eigenvalue weighted by atomic mass is 9.89. The molecule has 4 N–H and O–H groups in total. The van der Waals surface area contributed by atoms with Crippen molar-refractivity contribution in [3.8, 4) is 0 Å². The fourth-order valence-electron chi connectivity index (χ4n) is 3.01. The molecular weight excluding hydrogens is 322 g/mol. The van der Waals surface area contributed by atoms with Crippen LogP contribution in [0.15, 0.2) is 78.2 Å². The van der Waals surface area contributed by atoms with Crippen LogP contribution in [0.4, 0.5) is 0 Å². The van der Waals surface area contributed by atoms with E-state index >= 15 is 0 Å². The molecule has 26 heavy (non-hydrogen) atoms. The topological polar surface area (TPSA) is 79.1 Å². The minimum absolute atomic E-state index is 0.318. The van der Waals surface area contributed by atoms with Crippen LogP contribution in [-0.4, -0.2) is 29.0 Å². The third kappa shape index (κ3) is 5.21. The Balaban J connectivity index is 1.55. The summed E-state index contributed by atoms with van der Waals surface area (Å²) in [5.41, 5.74) is 9.68. The lowest BCUT2D eigenvalue weighted by molar-refractivity contribution is 0.721. The van der Waals surface area contributed by atoms with Crippen molar-refractivity contribution >= 4 is 5.96 Å². The van der Waals surface area contributed by atoms with E-state index < -0.39 is 0 Å². The zero-order chi connectivity index (χ0) is 18.0. The number of hydrogen-bond donors (Lipinski definition) is 3. The van der Waals surface area contributed by atoms with E-state index in [2.05, 4.69) is 68.8 Å². The summed E-state index contributed by atoms with van der Waals surface area (Å²) in [6.07, 6.45) is 5.25. The van der Waals surface area contributed by atoms with E-state index in [0.29, 0.717) is 18.4 Å². The van der Waals surface area contributed by atoms with Gasteiger partial charge in [0.15, 0.2) is 5.96 Å². The van der Waals surface area contributed by atoms with E-state index in [9.17, 15) is 0 Å². The smallest absolute Gasteiger partial charge is 0.188 e. The van der Waals surface area contributed by atoms with E-state index in [0.717, 1.165) is 25.1 Å². The van der Waals surface area contributed by atoms with Crippen LogP contribution in [-0.2, 0) is 6.42 Å². The molecule has 0 atom stereocenters. The first-order valence-corrected chi connectivity index (χ1v) is 8.94. The molecule has 0 saturated carbocycles. The number of benzene rings is 2. The van der Waals surface area contributed by atoms with E-state index in [1.165, 1.54) is 11.1 Å². The molecule has 0 aliphatic heterocycles. The SMILES string of the molecule is NC(=NCCC(c1ccccc1)c1ccccc1)NCCc1cnc[nH]1. The van der Waals surface area contributed by atoms with Gasteiger partial charge < -0.3 is 16.0 Å². The number of nitrogens with two attached hydrogens (primary N) is 1. The van der Waals surface area contributed by atoms with Crippen LogP contribution in [0.1, 0.15) is 29.2 Å². The molecule has 0 radical (unpaired) electrons. The molecule has 0 bridgehead atoms. The van der Waals surface area contributed by atoms with Gasteiger partial charge in [-0.1, -0.05) is 60.7 Å². The number of H-pyrrole nitrogens is 1. The molecule has 5 heteroatoms. The van der Waals surface area contributed by atoms with Gasteiger partial charge in [0.05, 0.1) is 6.33 Å². The molecular formula is C21H25N5. The molecule has 5 nitrogen and oxygen atoms in total. The number of guanidine groups is 1. The number of hydrogen-bond acceptors (Lipinski definition) is 2. The van der Waals surface area contributed by atoms with Gasteiger partial charge in [-0.2, -0.15) is 0 Å². The summed E-state index contributed by atoms with van der Waals surface area (Å²) in [6, 6.07) is 21.1. The molecule has 0 aliphatic carbocycles. The quantitative estimate of drug-likeness (QED) is 0.433. The first-order chi connectivity index (χ1) is 12.8. The Morgan fingerprint density at radius 3 is 2.27 bits per heavy atom. The number of aromatic amines is 1. The monoisotopic (exact) mass is 347 g/mol. The lowest BCUT2D eigenvalue weighted by Crippen LogP contribution is -2.33. The van der Waals surface area contributed by atoms with E-state index in [4.69, 9.17) is 5.73 Å². The second-order valence-corrected chi connectivity index (χ2v) is 6.18. The first kappa shape index (κ1) is 17.7. The van der Waals surface area contributed by atoms with Crippen LogP contribution >= 0.6 is 0 Å². The van der Waals surface area contributed by atoms with Gasteiger partial charge in [0.2, 0.25) is 0 Å². The molecule has 0 fully saturated rings. The van der Waals surface area contributed by atoms with Crippen molar-refractivity contribution in [2.45, 2.75) is 18.8 Å². The van der Waals surface area contributed by atoms with Crippen molar-refractivity contribution in [1.29, 1.82) is 0 Å². The highest BCUT2D eigenvalue weighted by Crippen LogP contribution is 2.27. The minimum Gasteiger partial charge on any atom is -0.370 e. The number of aliphatic imine (C=N–C) groups is 1. The molecule has 134 valence electrons. The number of aromatic nitrogens is 2. The molecule has 3 aromatic rings. The Morgan fingerprint density at radius 2 is 1.69 bits per heavy atom. The third-order valence-corrected chi connectivity index (χ3v) is 4.36. The van der Waals surface area contributed by atoms with Crippen molar-refractivity contribution in [2.24, 2.45) is 10.7 Å². The lowest BCUT2D eigenvalue weighted by Gasteiger charge is -2.17. The number of imidazole rings is 1. The third-order valence-electron chi connectivity index (χ3n) is 4.36. The summed E-state index contributed by atoms with van der Waals surface area (Å²) in [5, 5.41) is 3.15. The van der Waals surface area contributed by atoms with Crippen LogP contribution in [0.3, 0.4) is 0 Å². The normalized spacial score (nSPS) is 11.7. The van der Waals surface area contributed by atoms with Crippen molar-refractivity contribution in [3.63, 3.8) is 0 Å². The zero-order valence-corrected chi connectivity index (χ0v) is 14.8. The van der Waals surface area contributed by atoms with E-state index in [1.54, 1.807) is 6.33 Å². The Labute approximate surface area is 154 Å². The summed E-state index contributed by atoms with van der Waals surface area (Å²) in [4.78, 5) is 11.6. The van der Waals surface area contributed by atoms with Gasteiger partial charge in [-0.15, -0.1) is 0 Å². The average molecular weight is 347 g/mol. The predicted molar refractivity (Wildman–Crippen MR) is 106 cm³/mol. The molecule has 0 amide bonds. The van der Waals surface area contributed by atoms with Gasteiger partial charge in [0.1, 0.15) is 0 Å². The van der Waals surface area contributed by atoms with Crippen LogP contribution in [0.2, 0.25) is 0 Å². The number of nitrogens with zero attached hydrogens (tertiary/aromatic N) is 2. The average Bonchev–Trinajstić information content (AvgIpc) is 3.20. The maximum absolute atomic E-state index is 5.99. The predicted octanol–water partition coefficient (Wildman–Crippen LogP) is 3.08. The van der Waals surface area contributed by atoms with Gasteiger partial charge in [-0.3, -0.25) is 4.99 Å². The Morgan fingerprint density at radius 1 is 1.04 bits per heavy atom. The molecule has 0 aliphatic rings. The summed E-state index contributed by atoms with van der Waals surface area (Å²) >= 11 is 0. The second-order valence-electron chi connectivity index (χ2n) is 6.18. The van der Waals surface area contributed by atoms with Crippen LogP contribution in [0.5, 0.6) is 0 Å². The van der Waals surface area contributed by atoms with Crippen molar-refractivity contribution in [3.05, 3.63) is 90.0 Å². The fourth-order valence-corrected chi connectivity index (χ4v) is 3.01. The van der Waals surface area contributed by atoms with Crippen molar-refractivity contribution in [2.75, 3.05) is 13.1 Å². The Bertz CT molecular complexity index is 742. The van der Waals surface area contributed by atoms with Crippen molar-refractivity contribution in [1.82, 2.24) is 15.3 Å². The highest BCUT2D eigenvalue weighted by molar-refractivity contribution is 5.77. The minimum atomic E-state index is 0.318. The standard InChI is InChI=1S/C21H25N5/c22-21(24-13-11-19-15-23-16-26-19)25-14-12-20(17-7-3-1-4-8-17)18-9-5-2-6-10-18/h1-10,15-16,20H,11-14H2,(H,23,26)(H3,22,24,25). The zero-order valence-electron chi connectivity index (χ0n) is 14.8. The highest BCUT2D eigenvalue weighted by Gasteiger charge is 2.13. The summed E-state index contributed by atoms with van der Waals surface area (Å²) in [7, 11) is 0. The van der Waals surface area contributed by atoms with Gasteiger partial charge in [0.25, 0.3) is 0 Å². The van der Waals surface area contributed by atoms with Crippen molar-refractivity contribution < 1.29 is 0 Å². The number of nitrogens with one attached hydrogen (secondary N) is 2. The van der Waals surface area contributed by atoms with Crippen LogP contribution in [0.25, 0.3) is 0 Å². The molecule has 1 heterocycles. The van der Waals surface area contributed by atoms with E-state index in [1.807, 2.05) is 18.3 Å². The molecule has 3 rings (SSSR count). The second kappa shape index (κ2) is 9.42. The summed E-state index contributed by atoms with van der Waals surface area (Å²) < 4.78 is 0. The van der Waals surface area contributed by atoms with Crippen LogP contribution < -0.4 is 11.1 Å². The largest absolute Gasteiger partial charge is 0.370 e. The summed E-state index contributed by atoms with van der Waals surface area (Å²) in [5.74, 6) is 0.809. The van der Waals surface area contributed by atoms with Gasteiger partial charge in [-0.05, 0) is 17.5 Å². The van der Waals surface area contributed by atoms with E-state index in [-0.39, 0.29) is 0 Å². The Hall–Kier alpha value is -3.08. The van der Waals surface area contributed by atoms with Gasteiger partial charge >= 0.3 is 0 Å².